The van der Waals surface area contributed by atoms with Gasteiger partial charge in [-0.15, -0.1) is 0 Å². The number of rotatable bonds is 2. The predicted octanol–water partition coefficient (Wildman–Crippen LogP) is 1.93. The van der Waals surface area contributed by atoms with Crippen LogP contribution in [0.3, 0.4) is 0 Å². The lowest BCUT2D eigenvalue weighted by atomic mass is 9.94. The predicted molar refractivity (Wildman–Crippen MR) is 58.3 cm³/mol. The van der Waals surface area contributed by atoms with E-state index in [0.29, 0.717) is 0 Å². The van der Waals surface area contributed by atoms with Gasteiger partial charge in [0.1, 0.15) is 0 Å². The zero-order valence-corrected chi connectivity index (χ0v) is 8.79. The SMILES string of the molecule is Cc1ccc(C[C@H]2CCCNC2)nc1. The van der Waals surface area contributed by atoms with Gasteiger partial charge in [0, 0.05) is 11.9 Å². The highest BCUT2D eigenvalue weighted by molar-refractivity contribution is 5.12. The summed E-state index contributed by atoms with van der Waals surface area (Å²) in [6.07, 6.45) is 5.76. The molecule has 0 spiro atoms. The maximum Gasteiger partial charge on any atom is 0.0407 e. The molecular formula is C12H18N2. The molecule has 0 bridgehead atoms. The summed E-state index contributed by atoms with van der Waals surface area (Å²) in [5.41, 5.74) is 2.49. The molecule has 0 unspecified atom stereocenters. The Morgan fingerprint density at radius 1 is 1.50 bits per heavy atom. The Morgan fingerprint density at radius 2 is 2.43 bits per heavy atom. The van der Waals surface area contributed by atoms with E-state index >= 15 is 0 Å². The first-order chi connectivity index (χ1) is 6.84. The number of pyridine rings is 1. The maximum absolute atomic E-state index is 4.44. The van der Waals surface area contributed by atoms with Crippen molar-refractivity contribution >= 4 is 0 Å². The van der Waals surface area contributed by atoms with Gasteiger partial charge < -0.3 is 5.32 Å². The Labute approximate surface area is 85.7 Å². The van der Waals surface area contributed by atoms with Crippen molar-refractivity contribution in [2.45, 2.75) is 26.2 Å². The molecule has 0 aromatic carbocycles. The standard InChI is InChI=1S/C12H18N2/c1-10-4-5-12(14-8-10)7-11-3-2-6-13-9-11/h4-5,8,11,13H,2-3,6-7,9H2,1H3/t11-/m1/s1. The van der Waals surface area contributed by atoms with Gasteiger partial charge in [0.15, 0.2) is 0 Å². The highest BCUT2D eigenvalue weighted by atomic mass is 14.9. The van der Waals surface area contributed by atoms with Crippen LogP contribution in [-0.4, -0.2) is 18.1 Å². The number of hydrogen-bond acceptors (Lipinski definition) is 2. The number of piperidine rings is 1. The van der Waals surface area contributed by atoms with Crippen LogP contribution in [0.15, 0.2) is 18.3 Å². The summed E-state index contributed by atoms with van der Waals surface area (Å²) in [4.78, 5) is 4.44. The van der Waals surface area contributed by atoms with Crippen molar-refractivity contribution in [2.24, 2.45) is 5.92 Å². The Balaban J connectivity index is 1.92. The number of nitrogens with zero attached hydrogens (tertiary/aromatic N) is 1. The lowest BCUT2D eigenvalue weighted by Crippen LogP contribution is -2.31. The molecule has 1 aromatic rings. The molecule has 76 valence electrons. The minimum atomic E-state index is 0.791. The smallest absolute Gasteiger partial charge is 0.0407 e. The molecular weight excluding hydrogens is 172 g/mol. The van der Waals surface area contributed by atoms with Crippen molar-refractivity contribution in [3.05, 3.63) is 29.6 Å². The second kappa shape index (κ2) is 4.56. The van der Waals surface area contributed by atoms with Crippen LogP contribution in [0.2, 0.25) is 0 Å². The summed E-state index contributed by atoms with van der Waals surface area (Å²) in [6, 6.07) is 4.31. The molecule has 1 atom stereocenters. The number of aryl methyl sites for hydroxylation is 1. The summed E-state index contributed by atoms with van der Waals surface area (Å²) in [5.74, 6) is 0.791. The molecule has 1 aliphatic rings. The second-order valence-corrected chi connectivity index (χ2v) is 4.24. The van der Waals surface area contributed by atoms with Crippen molar-refractivity contribution in [3.8, 4) is 0 Å². The fourth-order valence-corrected chi connectivity index (χ4v) is 2.01. The molecule has 0 amide bonds. The van der Waals surface area contributed by atoms with Crippen LogP contribution >= 0.6 is 0 Å². The van der Waals surface area contributed by atoms with Gasteiger partial charge in [0.2, 0.25) is 0 Å². The van der Waals surface area contributed by atoms with E-state index in [1.54, 1.807) is 0 Å². The lowest BCUT2D eigenvalue weighted by molar-refractivity contribution is 0.373. The summed E-state index contributed by atoms with van der Waals surface area (Å²) < 4.78 is 0. The van der Waals surface area contributed by atoms with Crippen LogP contribution in [0.25, 0.3) is 0 Å². The first-order valence-corrected chi connectivity index (χ1v) is 5.47. The van der Waals surface area contributed by atoms with E-state index in [9.17, 15) is 0 Å². The minimum Gasteiger partial charge on any atom is -0.316 e. The quantitative estimate of drug-likeness (QED) is 0.771. The molecule has 2 heterocycles. The van der Waals surface area contributed by atoms with Crippen LogP contribution in [0, 0.1) is 12.8 Å². The van der Waals surface area contributed by atoms with E-state index in [2.05, 4.69) is 29.4 Å². The van der Waals surface area contributed by atoms with Gasteiger partial charge in [0.25, 0.3) is 0 Å². The van der Waals surface area contributed by atoms with E-state index in [4.69, 9.17) is 0 Å². The molecule has 1 N–H and O–H groups in total. The average molecular weight is 190 g/mol. The Hall–Kier alpha value is -0.890. The summed E-state index contributed by atoms with van der Waals surface area (Å²) in [6.45, 7) is 4.44. The van der Waals surface area contributed by atoms with Gasteiger partial charge in [-0.3, -0.25) is 4.98 Å². The molecule has 1 saturated heterocycles. The van der Waals surface area contributed by atoms with Crippen molar-refractivity contribution in [1.82, 2.24) is 10.3 Å². The average Bonchev–Trinajstić information content (AvgIpc) is 2.23. The zero-order valence-electron chi connectivity index (χ0n) is 8.79. The van der Waals surface area contributed by atoms with Crippen LogP contribution in [0.4, 0.5) is 0 Å². The molecule has 1 fully saturated rings. The summed E-state index contributed by atoms with van der Waals surface area (Å²) >= 11 is 0. The normalized spacial score (nSPS) is 22.2. The maximum atomic E-state index is 4.44. The molecule has 1 aromatic heterocycles. The highest BCUT2D eigenvalue weighted by Gasteiger charge is 2.13. The van der Waals surface area contributed by atoms with E-state index in [1.807, 2.05) is 6.20 Å². The van der Waals surface area contributed by atoms with E-state index in [1.165, 1.54) is 30.6 Å². The van der Waals surface area contributed by atoms with Gasteiger partial charge in [0.05, 0.1) is 0 Å². The fourth-order valence-electron chi connectivity index (χ4n) is 2.01. The molecule has 0 aliphatic carbocycles. The van der Waals surface area contributed by atoms with Crippen LogP contribution in [-0.2, 0) is 6.42 Å². The van der Waals surface area contributed by atoms with Gasteiger partial charge in [-0.2, -0.15) is 0 Å². The monoisotopic (exact) mass is 190 g/mol. The first kappa shape index (κ1) is 9.66. The van der Waals surface area contributed by atoms with Crippen molar-refractivity contribution in [2.75, 3.05) is 13.1 Å². The third-order valence-corrected chi connectivity index (χ3v) is 2.87. The molecule has 14 heavy (non-hydrogen) atoms. The first-order valence-electron chi connectivity index (χ1n) is 5.47. The largest absolute Gasteiger partial charge is 0.316 e. The third-order valence-electron chi connectivity index (χ3n) is 2.87. The second-order valence-electron chi connectivity index (χ2n) is 4.24. The van der Waals surface area contributed by atoms with Gasteiger partial charge in [-0.25, -0.2) is 0 Å². The topological polar surface area (TPSA) is 24.9 Å². The van der Waals surface area contributed by atoms with Gasteiger partial charge >= 0.3 is 0 Å². The lowest BCUT2D eigenvalue weighted by Gasteiger charge is -2.22. The Bertz CT molecular complexity index is 273. The molecule has 2 heteroatoms. The highest BCUT2D eigenvalue weighted by Crippen LogP contribution is 2.15. The number of nitrogens with one attached hydrogen (secondary N) is 1. The summed E-state index contributed by atoms with van der Waals surface area (Å²) in [5, 5.41) is 3.44. The molecule has 2 rings (SSSR count). The van der Waals surface area contributed by atoms with Crippen LogP contribution in [0.1, 0.15) is 24.1 Å². The zero-order chi connectivity index (χ0) is 9.80. The van der Waals surface area contributed by atoms with E-state index < -0.39 is 0 Å². The van der Waals surface area contributed by atoms with Gasteiger partial charge in [-0.1, -0.05) is 6.07 Å². The Kier molecular flexibility index (Phi) is 3.14. The Morgan fingerprint density at radius 3 is 3.07 bits per heavy atom. The number of aromatic nitrogens is 1. The molecule has 2 nitrogen and oxygen atoms in total. The van der Waals surface area contributed by atoms with Crippen LogP contribution in [0.5, 0.6) is 0 Å². The minimum absolute atomic E-state index is 0.791. The van der Waals surface area contributed by atoms with E-state index in [-0.39, 0.29) is 0 Å². The fraction of sp³-hybridized carbons (Fsp3) is 0.583. The molecule has 0 radical (unpaired) electrons. The van der Waals surface area contributed by atoms with Gasteiger partial charge in [-0.05, 0) is 56.8 Å². The van der Waals surface area contributed by atoms with Crippen molar-refractivity contribution in [3.63, 3.8) is 0 Å². The van der Waals surface area contributed by atoms with Crippen molar-refractivity contribution < 1.29 is 0 Å². The van der Waals surface area contributed by atoms with E-state index in [0.717, 1.165) is 18.9 Å². The van der Waals surface area contributed by atoms with Crippen molar-refractivity contribution in [1.29, 1.82) is 0 Å². The van der Waals surface area contributed by atoms with Crippen LogP contribution < -0.4 is 5.32 Å². The molecule has 0 saturated carbocycles. The third kappa shape index (κ3) is 2.55. The number of hydrogen-bond donors (Lipinski definition) is 1. The summed E-state index contributed by atoms with van der Waals surface area (Å²) in [7, 11) is 0. The molecule has 1 aliphatic heterocycles.